The van der Waals surface area contributed by atoms with Crippen molar-refractivity contribution in [3.05, 3.63) is 30.3 Å². The predicted octanol–water partition coefficient (Wildman–Crippen LogP) is 1.88. The van der Waals surface area contributed by atoms with Crippen LogP contribution in [-0.2, 0) is 16.1 Å². The van der Waals surface area contributed by atoms with Crippen molar-refractivity contribution in [1.82, 2.24) is 41.3 Å². The Morgan fingerprint density at radius 1 is 1.03 bits per heavy atom. The summed E-state index contributed by atoms with van der Waals surface area (Å²) in [7, 11) is 0. The highest BCUT2D eigenvalue weighted by Crippen LogP contribution is 2.28. The van der Waals surface area contributed by atoms with E-state index in [9.17, 15) is 9.59 Å². The quantitative estimate of drug-likeness (QED) is 0.330. The summed E-state index contributed by atoms with van der Waals surface area (Å²) in [6.45, 7) is -0.167. The first-order valence-corrected chi connectivity index (χ1v) is 12.1. The number of anilines is 1. The Morgan fingerprint density at radius 2 is 1.81 bits per heavy atom. The fourth-order valence-electron chi connectivity index (χ4n) is 3.23. The third-order valence-corrected chi connectivity index (χ3v) is 6.76. The molecule has 1 aliphatic carbocycles. The van der Waals surface area contributed by atoms with Gasteiger partial charge >= 0.3 is 0 Å². The fraction of sp³-hybridized carbons (Fsp3) is 0.421. The lowest BCUT2D eigenvalue weighted by molar-refractivity contribution is -0.128. The average molecular weight is 474 g/mol. The maximum absolute atomic E-state index is 12.0. The lowest BCUT2D eigenvalue weighted by Crippen LogP contribution is -2.44. The molecule has 13 heteroatoms. The van der Waals surface area contributed by atoms with Gasteiger partial charge in [0.25, 0.3) is 5.91 Å². The molecular formula is C19H23N9O2S2. The number of tetrazole rings is 1. The molecule has 11 nitrogen and oxygen atoms in total. The van der Waals surface area contributed by atoms with Gasteiger partial charge in [-0.2, -0.15) is 4.80 Å². The lowest BCUT2D eigenvalue weighted by atomic mass is 9.96. The minimum absolute atomic E-state index is 0.109. The number of amides is 2. The van der Waals surface area contributed by atoms with Crippen molar-refractivity contribution < 1.29 is 9.59 Å². The number of rotatable bonds is 8. The number of aromatic nitrogens is 6. The van der Waals surface area contributed by atoms with E-state index in [1.54, 1.807) is 0 Å². The highest BCUT2D eigenvalue weighted by molar-refractivity contribution is 8.01. The van der Waals surface area contributed by atoms with E-state index in [4.69, 9.17) is 0 Å². The van der Waals surface area contributed by atoms with Crippen molar-refractivity contribution in [2.45, 2.75) is 49.0 Å². The normalized spacial score (nSPS) is 14.1. The number of carbonyl (C=O) groups excluding carboxylic acids is 2. The average Bonchev–Trinajstić information content (AvgIpc) is 3.47. The van der Waals surface area contributed by atoms with Gasteiger partial charge in [0.2, 0.25) is 16.9 Å². The zero-order chi connectivity index (χ0) is 22.2. The van der Waals surface area contributed by atoms with Crippen molar-refractivity contribution in [2.75, 3.05) is 11.1 Å². The van der Waals surface area contributed by atoms with Crippen molar-refractivity contribution in [3.8, 4) is 11.4 Å². The van der Waals surface area contributed by atoms with Crippen LogP contribution in [0.2, 0.25) is 0 Å². The van der Waals surface area contributed by atoms with Crippen LogP contribution in [0.3, 0.4) is 0 Å². The van der Waals surface area contributed by atoms with Crippen LogP contribution >= 0.6 is 23.1 Å². The SMILES string of the molecule is O=C(CSc1nnc(NC2CCCCC2)s1)NNC(=O)Cn1nnc(-c2ccccc2)n1. The Labute approximate surface area is 192 Å². The van der Waals surface area contributed by atoms with E-state index in [2.05, 4.69) is 41.8 Å². The van der Waals surface area contributed by atoms with Gasteiger partial charge in [-0.25, -0.2) is 0 Å². The number of carbonyl (C=O) groups is 2. The number of nitrogens with one attached hydrogen (secondary N) is 3. The second-order valence-corrected chi connectivity index (χ2v) is 9.45. The van der Waals surface area contributed by atoms with Crippen LogP contribution in [0, 0.1) is 0 Å². The maximum Gasteiger partial charge on any atom is 0.262 e. The summed E-state index contributed by atoms with van der Waals surface area (Å²) in [6, 6.07) is 9.79. The molecule has 168 valence electrons. The molecule has 0 unspecified atom stereocenters. The molecule has 32 heavy (non-hydrogen) atoms. The minimum atomic E-state index is -0.463. The third-order valence-electron chi connectivity index (χ3n) is 4.78. The summed E-state index contributed by atoms with van der Waals surface area (Å²) in [5.41, 5.74) is 5.53. The van der Waals surface area contributed by atoms with Crippen LogP contribution in [0.25, 0.3) is 11.4 Å². The van der Waals surface area contributed by atoms with Gasteiger partial charge in [0, 0.05) is 11.6 Å². The van der Waals surface area contributed by atoms with Crippen LogP contribution in [-0.4, -0.2) is 54.0 Å². The number of benzene rings is 1. The molecule has 1 saturated carbocycles. The fourth-order valence-corrected chi connectivity index (χ4v) is 4.86. The van der Waals surface area contributed by atoms with E-state index in [0.29, 0.717) is 16.2 Å². The number of nitrogens with zero attached hydrogens (tertiary/aromatic N) is 6. The largest absolute Gasteiger partial charge is 0.357 e. The van der Waals surface area contributed by atoms with Gasteiger partial charge in [-0.1, -0.05) is 72.7 Å². The molecule has 2 aromatic heterocycles. The zero-order valence-electron chi connectivity index (χ0n) is 17.2. The van der Waals surface area contributed by atoms with Crippen molar-refractivity contribution in [3.63, 3.8) is 0 Å². The molecule has 1 fully saturated rings. The smallest absolute Gasteiger partial charge is 0.262 e. The van der Waals surface area contributed by atoms with E-state index in [-0.39, 0.29) is 18.2 Å². The molecule has 3 aromatic rings. The molecule has 0 spiro atoms. The zero-order valence-corrected chi connectivity index (χ0v) is 18.9. The molecule has 0 atom stereocenters. The van der Waals surface area contributed by atoms with Gasteiger partial charge in [0.15, 0.2) is 4.34 Å². The Hall–Kier alpha value is -3.06. The molecule has 2 amide bonds. The number of hydrogen-bond acceptors (Lipinski definition) is 10. The monoisotopic (exact) mass is 473 g/mol. The van der Waals surface area contributed by atoms with Crippen molar-refractivity contribution in [2.24, 2.45) is 0 Å². The van der Waals surface area contributed by atoms with E-state index < -0.39 is 5.91 Å². The van der Waals surface area contributed by atoms with Gasteiger partial charge < -0.3 is 5.32 Å². The van der Waals surface area contributed by atoms with E-state index >= 15 is 0 Å². The molecular weight excluding hydrogens is 450 g/mol. The highest BCUT2D eigenvalue weighted by Gasteiger charge is 2.16. The Kier molecular flexibility index (Phi) is 7.61. The van der Waals surface area contributed by atoms with E-state index in [1.807, 2.05) is 30.3 Å². The Morgan fingerprint density at radius 3 is 2.62 bits per heavy atom. The molecule has 4 rings (SSSR count). The topological polar surface area (TPSA) is 140 Å². The van der Waals surface area contributed by atoms with Crippen LogP contribution in [0.5, 0.6) is 0 Å². The van der Waals surface area contributed by atoms with E-state index in [1.165, 1.54) is 47.2 Å². The molecule has 0 radical (unpaired) electrons. The summed E-state index contributed by atoms with van der Waals surface area (Å²) < 4.78 is 0.699. The summed E-state index contributed by atoms with van der Waals surface area (Å²) in [5, 5.41) is 24.4. The molecule has 0 saturated heterocycles. The van der Waals surface area contributed by atoms with Crippen LogP contribution < -0.4 is 16.2 Å². The van der Waals surface area contributed by atoms with E-state index in [0.717, 1.165) is 23.5 Å². The molecule has 3 N–H and O–H groups in total. The molecule has 1 aliphatic rings. The van der Waals surface area contributed by atoms with Crippen LogP contribution in [0.1, 0.15) is 32.1 Å². The maximum atomic E-state index is 12.0. The minimum Gasteiger partial charge on any atom is -0.357 e. The second-order valence-electron chi connectivity index (χ2n) is 7.25. The second kappa shape index (κ2) is 11.0. The molecule has 0 bridgehead atoms. The first-order chi connectivity index (χ1) is 15.7. The number of hydrazine groups is 1. The van der Waals surface area contributed by atoms with Gasteiger partial charge in [-0.05, 0) is 18.1 Å². The Bertz CT molecular complexity index is 1030. The lowest BCUT2D eigenvalue weighted by Gasteiger charge is -2.21. The van der Waals surface area contributed by atoms with Gasteiger partial charge in [0.1, 0.15) is 6.54 Å². The molecule has 2 heterocycles. The van der Waals surface area contributed by atoms with Crippen molar-refractivity contribution >= 4 is 40.0 Å². The van der Waals surface area contributed by atoms with Gasteiger partial charge in [0.05, 0.1) is 5.75 Å². The third kappa shape index (κ3) is 6.47. The number of thioether (sulfide) groups is 1. The summed E-state index contributed by atoms with van der Waals surface area (Å²) >= 11 is 2.70. The molecule has 0 aliphatic heterocycles. The summed E-state index contributed by atoms with van der Waals surface area (Å²) in [6.07, 6.45) is 6.09. The summed E-state index contributed by atoms with van der Waals surface area (Å²) in [5.74, 6) is -0.279. The Balaban J connectivity index is 1.16. The van der Waals surface area contributed by atoms with Crippen LogP contribution in [0.4, 0.5) is 5.13 Å². The first-order valence-electron chi connectivity index (χ1n) is 10.3. The first kappa shape index (κ1) is 22.1. The number of hydrogen-bond donors (Lipinski definition) is 3. The molecule has 1 aromatic carbocycles. The van der Waals surface area contributed by atoms with Gasteiger partial charge in [-0.15, -0.1) is 20.4 Å². The van der Waals surface area contributed by atoms with Crippen molar-refractivity contribution in [1.29, 1.82) is 0 Å². The standard InChI is InChI=1S/C19H23N9O2S2/c29-15(11-28-26-17(23-27-28)13-7-3-1-4-8-13)21-22-16(30)12-31-19-25-24-18(32-19)20-14-9-5-2-6-10-14/h1,3-4,7-8,14H,2,5-6,9-12H2,(H,20,24)(H,21,29)(H,22,30). The predicted molar refractivity (Wildman–Crippen MR) is 121 cm³/mol. The van der Waals surface area contributed by atoms with Gasteiger partial charge in [-0.3, -0.25) is 20.4 Å². The highest BCUT2D eigenvalue weighted by atomic mass is 32.2. The van der Waals surface area contributed by atoms with Crippen LogP contribution in [0.15, 0.2) is 34.7 Å². The summed E-state index contributed by atoms with van der Waals surface area (Å²) in [4.78, 5) is 25.2.